The second kappa shape index (κ2) is 8.20. The summed E-state index contributed by atoms with van der Waals surface area (Å²) in [5, 5.41) is 9.48. The molecule has 1 aliphatic heterocycles. The number of rotatable bonds is 3. The van der Waals surface area contributed by atoms with Gasteiger partial charge >= 0.3 is 11.8 Å². The van der Waals surface area contributed by atoms with Gasteiger partial charge in [0.05, 0.1) is 31.1 Å². The van der Waals surface area contributed by atoms with E-state index in [-0.39, 0.29) is 11.7 Å². The fourth-order valence-corrected chi connectivity index (χ4v) is 3.91. The molecule has 1 aromatic carbocycles. The third kappa shape index (κ3) is 4.09. The normalized spacial score (nSPS) is 18.8. The lowest BCUT2D eigenvalue weighted by atomic mass is 9.93. The maximum absolute atomic E-state index is 14.5. The van der Waals surface area contributed by atoms with Crippen LogP contribution in [0.3, 0.4) is 0 Å². The standard InChI is InChI=1S/C20H24FN5O3/c1-25-17-4-2-3-16(14(17)12-22-25)24-20(28)19(27)23-13-5-6-18(15(21)11-13)26-7-9-29-10-8-26/h5-6,11-12,16H,2-4,7-10H2,1H3,(H,23,27)(H,24,28). The highest BCUT2D eigenvalue weighted by molar-refractivity contribution is 6.39. The van der Waals surface area contributed by atoms with E-state index in [2.05, 4.69) is 15.7 Å². The number of ether oxygens (including phenoxy) is 1. The van der Waals surface area contributed by atoms with Crippen LogP contribution in [0.4, 0.5) is 15.8 Å². The van der Waals surface area contributed by atoms with E-state index in [9.17, 15) is 14.0 Å². The van der Waals surface area contributed by atoms with E-state index in [4.69, 9.17) is 4.74 Å². The van der Waals surface area contributed by atoms with Crippen LogP contribution < -0.4 is 15.5 Å². The molecule has 2 amide bonds. The molecule has 8 nitrogen and oxygen atoms in total. The third-order valence-electron chi connectivity index (χ3n) is 5.44. The molecule has 1 saturated heterocycles. The van der Waals surface area contributed by atoms with Crippen molar-refractivity contribution in [3.8, 4) is 0 Å². The average molecular weight is 401 g/mol. The second-order valence-corrected chi connectivity index (χ2v) is 7.31. The van der Waals surface area contributed by atoms with Crippen LogP contribution in [0.25, 0.3) is 0 Å². The molecule has 1 fully saturated rings. The summed E-state index contributed by atoms with van der Waals surface area (Å²) in [6, 6.07) is 4.19. The van der Waals surface area contributed by atoms with Crippen molar-refractivity contribution in [1.29, 1.82) is 0 Å². The molecule has 4 rings (SSSR count). The number of benzene rings is 1. The van der Waals surface area contributed by atoms with Crippen LogP contribution in [0, 0.1) is 5.82 Å². The minimum absolute atomic E-state index is 0.241. The van der Waals surface area contributed by atoms with E-state index in [1.807, 2.05) is 11.9 Å². The number of nitrogens with one attached hydrogen (secondary N) is 2. The highest BCUT2D eigenvalue weighted by Gasteiger charge is 2.27. The van der Waals surface area contributed by atoms with E-state index >= 15 is 0 Å². The fraction of sp³-hybridized carbons (Fsp3) is 0.450. The van der Waals surface area contributed by atoms with Gasteiger partial charge in [0.15, 0.2) is 0 Å². The molecule has 2 aliphatic rings. The molecule has 0 saturated carbocycles. The van der Waals surface area contributed by atoms with Crippen molar-refractivity contribution >= 4 is 23.2 Å². The quantitative estimate of drug-likeness (QED) is 0.762. The molecular formula is C20H24FN5O3. The summed E-state index contributed by atoms with van der Waals surface area (Å²) >= 11 is 0. The third-order valence-corrected chi connectivity index (χ3v) is 5.44. The number of nitrogens with zero attached hydrogens (tertiary/aromatic N) is 3. The van der Waals surface area contributed by atoms with Crippen LogP contribution in [-0.2, 0) is 27.8 Å². The first-order chi connectivity index (χ1) is 14.0. The molecule has 2 heterocycles. The molecule has 29 heavy (non-hydrogen) atoms. The summed E-state index contributed by atoms with van der Waals surface area (Å²) in [7, 11) is 1.87. The molecule has 9 heteroatoms. The van der Waals surface area contributed by atoms with Crippen molar-refractivity contribution in [1.82, 2.24) is 15.1 Å². The van der Waals surface area contributed by atoms with Gasteiger partial charge in [-0.05, 0) is 37.5 Å². The number of fused-ring (bicyclic) bond motifs is 1. The highest BCUT2D eigenvalue weighted by Crippen LogP contribution is 2.29. The van der Waals surface area contributed by atoms with Crippen LogP contribution in [0.1, 0.15) is 30.1 Å². The van der Waals surface area contributed by atoms with Gasteiger partial charge in [-0.25, -0.2) is 4.39 Å². The predicted octanol–water partition coefficient (Wildman–Crippen LogP) is 1.53. The van der Waals surface area contributed by atoms with E-state index in [1.54, 1.807) is 23.0 Å². The zero-order chi connectivity index (χ0) is 20.4. The smallest absolute Gasteiger partial charge is 0.313 e. The van der Waals surface area contributed by atoms with Crippen LogP contribution in [0.5, 0.6) is 0 Å². The van der Waals surface area contributed by atoms with Crippen molar-refractivity contribution in [2.45, 2.75) is 25.3 Å². The van der Waals surface area contributed by atoms with E-state index < -0.39 is 17.6 Å². The summed E-state index contributed by atoms with van der Waals surface area (Å²) in [6.45, 7) is 2.33. The fourth-order valence-electron chi connectivity index (χ4n) is 3.91. The lowest BCUT2D eigenvalue weighted by molar-refractivity contribution is -0.136. The van der Waals surface area contributed by atoms with Crippen LogP contribution >= 0.6 is 0 Å². The summed E-state index contributed by atoms with van der Waals surface area (Å²) < 4.78 is 21.6. The van der Waals surface area contributed by atoms with Gasteiger partial charge in [-0.15, -0.1) is 0 Å². The first-order valence-electron chi connectivity index (χ1n) is 9.78. The monoisotopic (exact) mass is 401 g/mol. The number of carbonyl (C=O) groups is 2. The van der Waals surface area contributed by atoms with Crippen molar-refractivity contribution in [3.63, 3.8) is 0 Å². The number of aromatic nitrogens is 2. The Balaban J connectivity index is 1.39. The molecule has 0 bridgehead atoms. The van der Waals surface area contributed by atoms with E-state index in [1.165, 1.54) is 6.07 Å². The molecule has 0 radical (unpaired) electrons. The SMILES string of the molecule is Cn1ncc2c1CCCC2NC(=O)C(=O)Nc1ccc(N2CCOCC2)c(F)c1. The molecule has 2 aromatic rings. The van der Waals surface area contributed by atoms with Gasteiger partial charge in [0.1, 0.15) is 5.82 Å². The Hall–Kier alpha value is -2.94. The molecule has 2 N–H and O–H groups in total. The van der Waals surface area contributed by atoms with Gasteiger partial charge in [0.2, 0.25) is 0 Å². The number of hydrogen-bond acceptors (Lipinski definition) is 5. The Morgan fingerprint density at radius 1 is 1.24 bits per heavy atom. The van der Waals surface area contributed by atoms with Gasteiger partial charge in [0.25, 0.3) is 0 Å². The number of hydrogen-bond donors (Lipinski definition) is 2. The Labute approximate surface area is 168 Å². The number of morpholine rings is 1. The van der Waals surface area contributed by atoms with E-state index in [0.717, 1.165) is 30.5 Å². The van der Waals surface area contributed by atoms with Crippen LogP contribution in [0.15, 0.2) is 24.4 Å². The Bertz CT molecular complexity index is 923. The molecule has 1 aliphatic carbocycles. The largest absolute Gasteiger partial charge is 0.378 e. The summed E-state index contributed by atoms with van der Waals surface area (Å²) in [5.74, 6) is -2.01. The minimum Gasteiger partial charge on any atom is -0.378 e. The highest BCUT2D eigenvalue weighted by atomic mass is 19.1. The number of halogens is 1. The maximum Gasteiger partial charge on any atom is 0.313 e. The molecule has 1 atom stereocenters. The van der Waals surface area contributed by atoms with Crippen molar-refractivity contribution in [2.24, 2.45) is 7.05 Å². The lowest BCUT2D eigenvalue weighted by Gasteiger charge is -2.29. The first kappa shape index (κ1) is 19.4. The zero-order valence-corrected chi connectivity index (χ0v) is 16.3. The molecule has 154 valence electrons. The van der Waals surface area contributed by atoms with Gasteiger partial charge in [0, 0.05) is 37.1 Å². The molecule has 1 unspecified atom stereocenters. The minimum atomic E-state index is -0.820. The molecule has 0 spiro atoms. The number of aryl methyl sites for hydroxylation is 1. The zero-order valence-electron chi connectivity index (χ0n) is 16.3. The average Bonchev–Trinajstić information content (AvgIpc) is 3.11. The number of carbonyl (C=O) groups excluding carboxylic acids is 2. The topological polar surface area (TPSA) is 88.5 Å². The lowest BCUT2D eigenvalue weighted by Crippen LogP contribution is -2.39. The summed E-state index contributed by atoms with van der Waals surface area (Å²) in [4.78, 5) is 26.6. The summed E-state index contributed by atoms with van der Waals surface area (Å²) in [6.07, 6.45) is 4.30. The number of amides is 2. The van der Waals surface area contributed by atoms with Gasteiger partial charge in [-0.3, -0.25) is 14.3 Å². The predicted molar refractivity (Wildman–Crippen MR) is 105 cm³/mol. The Kier molecular flexibility index (Phi) is 5.48. The van der Waals surface area contributed by atoms with Gasteiger partial charge < -0.3 is 20.3 Å². The Morgan fingerprint density at radius 2 is 2.03 bits per heavy atom. The van der Waals surface area contributed by atoms with Crippen molar-refractivity contribution in [3.05, 3.63) is 41.5 Å². The van der Waals surface area contributed by atoms with E-state index in [0.29, 0.717) is 32.0 Å². The molecular weight excluding hydrogens is 377 g/mol. The van der Waals surface area contributed by atoms with Crippen molar-refractivity contribution in [2.75, 3.05) is 36.5 Å². The second-order valence-electron chi connectivity index (χ2n) is 7.31. The first-order valence-corrected chi connectivity index (χ1v) is 9.78. The molecule has 1 aromatic heterocycles. The number of anilines is 2. The van der Waals surface area contributed by atoms with Gasteiger partial charge in [-0.2, -0.15) is 5.10 Å². The Morgan fingerprint density at radius 3 is 2.79 bits per heavy atom. The van der Waals surface area contributed by atoms with Crippen molar-refractivity contribution < 1.29 is 18.7 Å². The van der Waals surface area contributed by atoms with Crippen LogP contribution in [0.2, 0.25) is 0 Å². The van der Waals surface area contributed by atoms with Gasteiger partial charge in [-0.1, -0.05) is 0 Å². The summed E-state index contributed by atoms with van der Waals surface area (Å²) in [5.41, 5.74) is 2.72. The van der Waals surface area contributed by atoms with Crippen LogP contribution in [-0.4, -0.2) is 47.9 Å². The maximum atomic E-state index is 14.5.